The summed E-state index contributed by atoms with van der Waals surface area (Å²) in [5.41, 5.74) is 3.89. The molecule has 3 aromatic rings. The first-order valence-corrected chi connectivity index (χ1v) is 10.7. The minimum Gasteiger partial charge on any atom is -0.493 e. The van der Waals surface area contributed by atoms with Gasteiger partial charge in [0.1, 0.15) is 5.75 Å². The topological polar surface area (TPSA) is 109 Å². The zero-order chi connectivity index (χ0) is 23.4. The number of likely N-dealkylation sites (tertiary alicyclic amines) is 1. The van der Waals surface area contributed by atoms with Crippen LogP contribution in [0.15, 0.2) is 48.9 Å². The predicted octanol–water partition coefficient (Wildman–Crippen LogP) is 3.66. The van der Waals surface area contributed by atoms with Gasteiger partial charge in [0.2, 0.25) is 5.91 Å². The molecule has 1 aromatic carbocycles. The van der Waals surface area contributed by atoms with E-state index in [9.17, 15) is 9.59 Å². The largest absolute Gasteiger partial charge is 0.493 e. The van der Waals surface area contributed by atoms with Crippen molar-refractivity contribution in [2.24, 2.45) is 5.92 Å². The molecule has 1 fully saturated rings. The van der Waals surface area contributed by atoms with Crippen LogP contribution in [0.25, 0.3) is 11.3 Å². The van der Waals surface area contributed by atoms with Crippen LogP contribution < -0.4 is 15.4 Å². The number of hydrogen-bond acceptors (Lipinski definition) is 6. The maximum atomic E-state index is 12.3. The van der Waals surface area contributed by atoms with Gasteiger partial charge in [-0.25, -0.2) is 9.78 Å². The van der Waals surface area contributed by atoms with Gasteiger partial charge in [-0.2, -0.15) is 0 Å². The van der Waals surface area contributed by atoms with E-state index in [0.717, 1.165) is 29.1 Å². The number of amides is 3. The van der Waals surface area contributed by atoms with E-state index in [0.29, 0.717) is 30.2 Å². The van der Waals surface area contributed by atoms with Crippen LogP contribution in [0.4, 0.5) is 16.3 Å². The highest BCUT2D eigenvalue weighted by Gasteiger charge is 2.27. The molecule has 4 rings (SSSR count). The number of ether oxygens (including phenoxy) is 1. The van der Waals surface area contributed by atoms with Gasteiger partial charge in [-0.3, -0.25) is 20.1 Å². The second kappa shape index (κ2) is 9.64. The van der Waals surface area contributed by atoms with E-state index in [2.05, 4.69) is 25.6 Å². The van der Waals surface area contributed by atoms with Crippen molar-refractivity contribution < 1.29 is 14.3 Å². The Morgan fingerprint density at radius 1 is 1.15 bits per heavy atom. The molecule has 1 unspecified atom stereocenters. The molecule has 0 aliphatic carbocycles. The number of aromatic nitrogens is 3. The van der Waals surface area contributed by atoms with Crippen LogP contribution in [0.2, 0.25) is 0 Å². The standard InChI is InChI=1S/C24H26N6O3/c1-15-8-18(5-7-21(15)33-14-17-9-23(31)30(3)13-17)20-11-25-12-22(28-20)29-24(32)27-19-6-4-16(2)26-10-19/h4-8,10-12,17H,9,13-14H2,1-3H3,(H2,27,28,29,32). The molecule has 0 radical (unpaired) electrons. The first kappa shape index (κ1) is 22.2. The lowest BCUT2D eigenvalue weighted by molar-refractivity contribution is -0.126. The van der Waals surface area contributed by atoms with Gasteiger partial charge >= 0.3 is 6.03 Å². The fraction of sp³-hybridized carbons (Fsp3) is 0.292. The summed E-state index contributed by atoms with van der Waals surface area (Å²) in [7, 11) is 1.82. The average molecular weight is 447 g/mol. The Labute approximate surface area is 192 Å². The maximum Gasteiger partial charge on any atom is 0.324 e. The summed E-state index contributed by atoms with van der Waals surface area (Å²) in [5.74, 6) is 1.47. The first-order chi connectivity index (χ1) is 15.9. The number of carbonyl (C=O) groups is 2. The first-order valence-electron chi connectivity index (χ1n) is 10.7. The number of aryl methyl sites for hydroxylation is 2. The number of anilines is 2. The van der Waals surface area contributed by atoms with Gasteiger partial charge in [0.15, 0.2) is 5.82 Å². The molecule has 2 N–H and O–H groups in total. The second-order valence-corrected chi connectivity index (χ2v) is 8.19. The number of urea groups is 1. The summed E-state index contributed by atoms with van der Waals surface area (Å²) in [6.45, 7) is 5.06. The fourth-order valence-electron chi connectivity index (χ4n) is 3.63. The van der Waals surface area contributed by atoms with Gasteiger partial charge < -0.3 is 15.0 Å². The van der Waals surface area contributed by atoms with E-state index in [1.54, 1.807) is 23.4 Å². The number of benzene rings is 1. The molecule has 1 saturated heterocycles. The molecule has 1 aliphatic rings. The third-order valence-corrected chi connectivity index (χ3v) is 5.41. The number of hydrogen-bond donors (Lipinski definition) is 2. The van der Waals surface area contributed by atoms with E-state index in [-0.39, 0.29) is 11.8 Å². The molecule has 0 bridgehead atoms. The number of nitrogens with zero attached hydrogens (tertiary/aromatic N) is 4. The molecule has 3 heterocycles. The monoisotopic (exact) mass is 446 g/mol. The van der Waals surface area contributed by atoms with E-state index in [4.69, 9.17) is 4.74 Å². The predicted molar refractivity (Wildman–Crippen MR) is 125 cm³/mol. The molecular formula is C24H26N6O3. The minimum absolute atomic E-state index is 0.159. The molecular weight excluding hydrogens is 420 g/mol. The molecule has 1 aliphatic heterocycles. The van der Waals surface area contributed by atoms with E-state index in [1.807, 2.05) is 45.2 Å². The van der Waals surface area contributed by atoms with Crippen molar-refractivity contribution in [1.29, 1.82) is 0 Å². The highest BCUT2D eigenvalue weighted by molar-refractivity contribution is 5.99. The zero-order valence-corrected chi connectivity index (χ0v) is 18.8. The molecule has 0 saturated carbocycles. The molecule has 1 atom stereocenters. The average Bonchev–Trinajstić information content (AvgIpc) is 3.11. The van der Waals surface area contributed by atoms with Gasteiger partial charge in [0.05, 0.1) is 36.6 Å². The fourth-order valence-corrected chi connectivity index (χ4v) is 3.63. The van der Waals surface area contributed by atoms with Gasteiger partial charge in [-0.05, 0) is 49.7 Å². The van der Waals surface area contributed by atoms with Gasteiger partial charge in [0, 0.05) is 37.2 Å². The third-order valence-electron chi connectivity index (χ3n) is 5.41. The Hall–Kier alpha value is -4.01. The normalized spacial score (nSPS) is 15.4. The van der Waals surface area contributed by atoms with Crippen molar-refractivity contribution in [3.63, 3.8) is 0 Å². The molecule has 9 nitrogen and oxygen atoms in total. The van der Waals surface area contributed by atoms with Gasteiger partial charge in [-0.1, -0.05) is 0 Å². The number of pyridine rings is 1. The van der Waals surface area contributed by atoms with Crippen molar-refractivity contribution >= 4 is 23.4 Å². The maximum absolute atomic E-state index is 12.3. The van der Waals surface area contributed by atoms with Crippen LogP contribution in [-0.4, -0.2) is 52.0 Å². The van der Waals surface area contributed by atoms with E-state index in [1.165, 1.54) is 6.20 Å². The molecule has 3 amide bonds. The molecule has 170 valence electrons. The molecule has 0 spiro atoms. The summed E-state index contributed by atoms with van der Waals surface area (Å²) in [6.07, 6.45) is 5.24. The Bertz CT molecular complexity index is 1170. The van der Waals surface area contributed by atoms with Crippen molar-refractivity contribution in [2.75, 3.05) is 30.8 Å². The van der Waals surface area contributed by atoms with Crippen LogP contribution in [0.3, 0.4) is 0 Å². The van der Waals surface area contributed by atoms with Crippen LogP contribution >= 0.6 is 0 Å². The van der Waals surface area contributed by atoms with Crippen LogP contribution in [0.1, 0.15) is 17.7 Å². The van der Waals surface area contributed by atoms with Crippen molar-refractivity contribution in [3.05, 3.63) is 60.2 Å². The number of nitrogens with one attached hydrogen (secondary N) is 2. The quantitative estimate of drug-likeness (QED) is 0.598. The highest BCUT2D eigenvalue weighted by Crippen LogP contribution is 2.27. The van der Waals surface area contributed by atoms with Gasteiger partial charge in [-0.15, -0.1) is 0 Å². The highest BCUT2D eigenvalue weighted by atomic mass is 16.5. The lowest BCUT2D eigenvalue weighted by atomic mass is 10.1. The third kappa shape index (κ3) is 5.62. The molecule has 9 heteroatoms. The van der Waals surface area contributed by atoms with E-state index >= 15 is 0 Å². The van der Waals surface area contributed by atoms with Crippen molar-refractivity contribution in [1.82, 2.24) is 19.9 Å². The Morgan fingerprint density at radius 2 is 2.00 bits per heavy atom. The van der Waals surface area contributed by atoms with Crippen LogP contribution in [0, 0.1) is 19.8 Å². The minimum atomic E-state index is -0.428. The Kier molecular flexibility index (Phi) is 6.48. The molecule has 33 heavy (non-hydrogen) atoms. The number of carbonyl (C=O) groups excluding carboxylic acids is 2. The van der Waals surface area contributed by atoms with Crippen molar-refractivity contribution in [3.8, 4) is 17.0 Å². The smallest absolute Gasteiger partial charge is 0.324 e. The Balaban J connectivity index is 1.39. The summed E-state index contributed by atoms with van der Waals surface area (Å²) >= 11 is 0. The summed E-state index contributed by atoms with van der Waals surface area (Å²) in [5, 5.41) is 5.41. The van der Waals surface area contributed by atoms with Crippen LogP contribution in [-0.2, 0) is 4.79 Å². The lowest BCUT2D eigenvalue weighted by Gasteiger charge is -2.14. The summed E-state index contributed by atoms with van der Waals surface area (Å²) < 4.78 is 5.96. The van der Waals surface area contributed by atoms with E-state index < -0.39 is 6.03 Å². The van der Waals surface area contributed by atoms with Gasteiger partial charge in [0.25, 0.3) is 0 Å². The lowest BCUT2D eigenvalue weighted by Crippen LogP contribution is -2.20. The summed E-state index contributed by atoms with van der Waals surface area (Å²) in [4.78, 5) is 38.6. The van der Waals surface area contributed by atoms with Crippen LogP contribution in [0.5, 0.6) is 5.75 Å². The second-order valence-electron chi connectivity index (χ2n) is 8.19. The zero-order valence-electron chi connectivity index (χ0n) is 18.8. The van der Waals surface area contributed by atoms with Crippen molar-refractivity contribution in [2.45, 2.75) is 20.3 Å². The Morgan fingerprint density at radius 3 is 2.70 bits per heavy atom. The number of rotatable bonds is 6. The SMILES string of the molecule is Cc1ccc(NC(=O)Nc2cncc(-c3ccc(OCC4CC(=O)N(C)C4)c(C)c3)n2)cn1. The summed E-state index contributed by atoms with van der Waals surface area (Å²) in [6, 6.07) is 8.93. The molecule has 2 aromatic heterocycles.